The van der Waals surface area contributed by atoms with E-state index in [0.717, 1.165) is 25.9 Å². The van der Waals surface area contributed by atoms with Crippen LogP contribution in [0.1, 0.15) is 19.3 Å². The molecule has 1 aliphatic heterocycles. The van der Waals surface area contributed by atoms with Crippen LogP contribution in [0.25, 0.3) is 10.9 Å². The van der Waals surface area contributed by atoms with Gasteiger partial charge in [-0.1, -0.05) is 12.1 Å². The molecule has 22 heavy (non-hydrogen) atoms. The number of aryl methyl sites for hydroxylation is 1. The molecule has 0 spiro atoms. The predicted molar refractivity (Wildman–Crippen MR) is 84.7 cm³/mol. The van der Waals surface area contributed by atoms with Crippen molar-refractivity contribution < 1.29 is 4.79 Å². The maximum atomic E-state index is 12.3. The second-order valence-electron chi connectivity index (χ2n) is 5.60. The van der Waals surface area contributed by atoms with Gasteiger partial charge in [-0.2, -0.15) is 0 Å². The molecule has 116 valence electrons. The van der Waals surface area contributed by atoms with Crippen LogP contribution in [0.5, 0.6) is 0 Å². The van der Waals surface area contributed by atoms with Crippen LogP contribution in [0.3, 0.4) is 0 Å². The first-order valence-electron chi connectivity index (χ1n) is 7.68. The van der Waals surface area contributed by atoms with Crippen LogP contribution >= 0.6 is 0 Å². The second kappa shape index (κ2) is 6.70. The Morgan fingerprint density at radius 2 is 2.09 bits per heavy atom. The van der Waals surface area contributed by atoms with E-state index in [2.05, 4.69) is 15.6 Å². The summed E-state index contributed by atoms with van der Waals surface area (Å²) in [5.41, 5.74) is 0.586. The summed E-state index contributed by atoms with van der Waals surface area (Å²) in [6.07, 6.45) is 3.73. The molecule has 2 aromatic rings. The van der Waals surface area contributed by atoms with E-state index < -0.39 is 0 Å². The van der Waals surface area contributed by atoms with Gasteiger partial charge in [0, 0.05) is 19.0 Å². The smallest absolute Gasteiger partial charge is 0.261 e. The van der Waals surface area contributed by atoms with Crippen LogP contribution in [0.2, 0.25) is 0 Å². The average Bonchev–Trinajstić information content (AvgIpc) is 2.55. The first-order chi connectivity index (χ1) is 10.7. The van der Waals surface area contributed by atoms with Gasteiger partial charge in [0.05, 0.1) is 17.2 Å². The van der Waals surface area contributed by atoms with E-state index in [4.69, 9.17) is 0 Å². The number of hydrogen-bond acceptors (Lipinski definition) is 4. The number of aromatic nitrogens is 2. The molecule has 1 fully saturated rings. The minimum Gasteiger partial charge on any atom is -0.353 e. The Morgan fingerprint density at radius 1 is 1.32 bits per heavy atom. The third kappa shape index (κ3) is 3.33. The first kappa shape index (κ1) is 14.7. The number of carbonyl (C=O) groups is 1. The van der Waals surface area contributed by atoms with Crippen molar-refractivity contribution in [3.63, 3.8) is 0 Å². The van der Waals surface area contributed by atoms with Crippen molar-refractivity contribution in [3.8, 4) is 0 Å². The van der Waals surface area contributed by atoms with E-state index in [9.17, 15) is 9.59 Å². The number of piperidine rings is 1. The maximum Gasteiger partial charge on any atom is 0.261 e. The minimum absolute atomic E-state index is 0.00745. The lowest BCUT2D eigenvalue weighted by Gasteiger charge is -2.23. The molecule has 6 heteroatoms. The van der Waals surface area contributed by atoms with Crippen molar-refractivity contribution in [1.82, 2.24) is 20.2 Å². The molecular formula is C16H20N4O2. The van der Waals surface area contributed by atoms with Gasteiger partial charge in [-0.25, -0.2) is 4.98 Å². The van der Waals surface area contributed by atoms with Gasteiger partial charge < -0.3 is 10.6 Å². The number of fused-ring (bicyclic) bond motifs is 1. The zero-order valence-electron chi connectivity index (χ0n) is 12.4. The molecule has 1 amide bonds. The van der Waals surface area contributed by atoms with E-state index in [1.807, 2.05) is 18.2 Å². The molecule has 2 N–H and O–H groups in total. The van der Waals surface area contributed by atoms with Crippen molar-refractivity contribution in [2.75, 3.05) is 13.1 Å². The lowest BCUT2D eigenvalue weighted by atomic mass is 10.1. The Bertz CT molecular complexity index is 719. The Hall–Kier alpha value is -2.21. The first-order valence-corrected chi connectivity index (χ1v) is 7.68. The zero-order chi connectivity index (χ0) is 15.4. The number of amides is 1. The van der Waals surface area contributed by atoms with E-state index in [0.29, 0.717) is 23.9 Å². The van der Waals surface area contributed by atoms with Gasteiger partial charge in [-0.05, 0) is 38.1 Å². The Balaban J connectivity index is 1.62. The lowest BCUT2D eigenvalue weighted by Crippen LogP contribution is -2.43. The highest BCUT2D eigenvalue weighted by Crippen LogP contribution is 2.05. The van der Waals surface area contributed by atoms with Crippen molar-refractivity contribution in [2.45, 2.75) is 31.8 Å². The maximum absolute atomic E-state index is 12.3. The van der Waals surface area contributed by atoms with E-state index in [1.54, 1.807) is 6.07 Å². The van der Waals surface area contributed by atoms with Crippen molar-refractivity contribution >= 4 is 16.8 Å². The largest absolute Gasteiger partial charge is 0.353 e. The number of benzene rings is 1. The Kier molecular flexibility index (Phi) is 4.48. The Labute approximate surface area is 128 Å². The zero-order valence-corrected chi connectivity index (χ0v) is 12.4. The van der Waals surface area contributed by atoms with Gasteiger partial charge in [0.25, 0.3) is 5.56 Å². The summed E-state index contributed by atoms with van der Waals surface area (Å²) in [6.45, 7) is 2.24. The van der Waals surface area contributed by atoms with Crippen molar-refractivity contribution in [2.24, 2.45) is 0 Å². The third-order valence-electron chi connectivity index (χ3n) is 4.02. The molecular weight excluding hydrogens is 280 g/mol. The van der Waals surface area contributed by atoms with E-state index >= 15 is 0 Å². The van der Waals surface area contributed by atoms with Gasteiger partial charge in [-0.15, -0.1) is 0 Å². The number of nitrogens with one attached hydrogen (secondary N) is 2. The molecule has 0 bridgehead atoms. The van der Waals surface area contributed by atoms with Crippen molar-refractivity contribution in [1.29, 1.82) is 0 Å². The molecule has 1 saturated heterocycles. The molecule has 0 unspecified atom stereocenters. The summed E-state index contributed by atoms with van der Waals surface area (Å²) < 4.78 is 1.50. The molecule has 1 aromatic heterocycles. The van der Waals surface area contributed by atoms with Crippen LogP contribution in [0, 0.1) is 0 Å². The van der Waals surface area contributed by atoms with Crippen LogP contribution in [-0.2, 0) is 11.3 Å². The molecule has 6 nitrogen and oxygen atoms in total. The van der Waals surface area contributed by atoms with Gasteiger partial charge in [0.15, 0.2) is 0 Å². The van der Waals surface area contributed by atoms with E-state index in [-0.39, 0.29) is 17.5 Å². The van der Waals surface area contributed by atoms with Crippen LogP contribution in [0.4, 0.5) is 0 Å². The van der Waals surface area contributed by atoms with Gasteiger partial charge in [0.2, 0.25) is 5.91 Å². The minimum atomic E-state index is -0.0970. The number of rotatable bonds is 4. The molecule has 2 heterocycles. The summed E-state index contributed by atoms with van der Waals surface area (Å²) in [5, 5.41) is 6.88. The Morgan fingerprint density at radius 3 is 2.91 bits per heavy atom. The molecule has 0 aliphatic carbocycles. The fourth-order valence-corrected chi connectivity index (χ4v) is 2.75. The third-order valence-corrected chi connectivity index (χ3v) is 4.02. The molecule has 0 atom stereocenters. The highest BCUT2D eigenvalue weighted by Gasteiger charge is 2.15. The quantitative estimate of drug-likeness (QED) is 0.869. The fourth-order valence-electron chi connectivity index (χ4n) is 2.75. The van der Waals surface area contributed by atoms with Gasteiger partial charge in [0.1, 0.15) is 0 Å². The normalized spacial score (nSPS) is 15.8. The summed E-state index contributed by atoms with van der Waals surface area (Å²) in [6, 6.07) is 7.49. The highest BCUT2D eigenvalue weighted by atomic mass is 16.2. The van der Waals surface area contributed by atoms with Crippen LogP contribution < -0.4 is 16.2 Å². The standard InChI is InChI=1S/C16H20N4O2/c21-15(19-12-5-8-17-9-6-12)7-10-20-11-18-14-4-2-1-3-13(14)16(20)22/h1-4,11-12,17H,5-10H2,(H,19,21). The SMILES string of the molecule is O=C(CCn1cnc2ccccc2c1=O)NC1CCNCC1. The second-order valence-corrected chi connectivity index (χ2v) is 5.60. The summed E-state index contributed by atoms with van der Waals surface area (Å²) in [5.74, 6) is -0.00745. The van der Waals surface area contributed by atoms with Gasteiger partial charge in [-0.3, -0.25) is 14.2 Å². The fraction of sp³-hybridized carbons (Fsp3) is 0.438. The topological polar surface area (TPSA) is 76.0 Å². The van der Waals surface area contributed by atoms with Crippen molar-refractivity contribution in [3.05, 3.63) is 40.9 Å². The molecule has 3 rings (SSSR count). The number of carbonyl (C=O) groups excluding carboxylic acids is 1. The number of nitrogens with zero attached hydrogens (tertiary/aromatic N) is 2. The number of para-hydroxylation sites is 1. The van der Waals surface area contributed by atoms with Crippen LogP contribution in [0.15, 0.2) is 35.4 Å². The monoisotopic (exact) mass is 300 g/mol. The highest BCUT2D eigenvalue weighted by molar-refractivity contribution is 5.77. The summed E-state index contributed by atoms with van der Waals surface area (Å²) in [4.78, 5) is 28.6. The molecule has 1 aromatic carbocycles. The summed E-state index contributed by atoms with van der Waals surface area (Å²) in [7, 11) is 0. The molecule has 1 aliphatic rings. The van der Waals surface area contributed by atoms with Crippen LogP contribution in [-0.4, -0.2) is 34.6 Å². The predicted octanol–water partition coefficient (Wildman–Crippen LogP) is 0.655. The van der Waals surface area contributed by atoms with E-state index in [1.165, 1.54) is 10.9 Å². The lowest BCUT2D eigenvalue weighted by molar-refractivity contribution is -0.122. The average molecular weight is 300 g/mol. The number of hydrogen-bond donors (Lipinski definition) is 2. The van der Waals surface area contributed by atoms with Gasteiger partial charge >= 0.3 is 0 Å². The molecule has 0 radical (unpaired) electrons. The summed E-state index contributed by atoms with van der Waals surface area (Å²) >= 11 is 0. The molecule has 0 saturated carbocycles.